The average molecular weight is 460 g/mol. The first-order valence-corrected chi connectivity index (χ1v) is 13.9. The van der Waals surface area contributed by atoms with Crippen LogP contribution in [0.3, 0.4) is 0 Å². The topological polar surface area (TPSA) is 66.5 Å². The first-order valence-electron chi connectivity index (χ1n) is 13.9. The van der Waals surface area contributed by atoms with Gasteiger partial charge in [-0.05, 0) is 124 Å². The van der Waals surface area contributed by atoms with Crippen molar-refractivity contribution in [2.75, 3.05) is 0 Å². The molecule has 0 amide bonds. The van der Waals surface area contributed by atoms with E-state index in [2.05, 4.69) is 54.5 Å². The summed E-state index contributed by atoms with van der Waals surface area (Å²) in [6, 6.07) is 0.281. The second-order valence-electron chi connectivity index (χ2n) is 14.6. The van der Waals surface area contributed by atoms with Crippen molar-refractivity contribution in [1.29, 1.82) is 0 Å². The highest BCUT2D eigenvalue weighted by Crippen LogP contribution is 2.75. The van der Waals surface area contributed by atoms with Crippen LogP contribution in [0.25, 0.3) is 0 Å². The fraction of sp³-hybridized carbons (Fsp3) is 0.933. The van der Waals surface area contributed by atoms with E-state index >= 15 is 0 Å². The molecule has 33 heavy (non-hydrogen) atoms. The lowest BCUT2D eigenvalue weighted by Crippen LogP contribution is -2.67. The van der Waals surface area contributed by atoms with Gasteiger partial charge in [-0.3, -0.25) is 0 Å². The van der Waals surface area contributed by atoms with Crippen molar-refractivity contribution < 1.29 is 10.2 Å². The van der Waals surface area contributed by atoms with Crippen LogP contribution in [0.5, 0.6) is 0 Å². The molecule has 4 aliphatic carbocycles. The molecule has 3 nitrogen and oxygen atoms in total. The van der Waals surface area contributed by atoms with Crippen molar-refractivity contribution in [3.05, 3.63) is 11.6 Å². The van der Waals surface area contributed by atoms with E-state index in [-0.39, 0.29) is 45.6 Å². The number of aliphatic hydroxyl groups excluding tert-OH is 1. The Hall–Kier alpha value is -0.380. The van der Waals surface area contributed by atoms with Gasteiger partial charge in [-0.25, -0.2) is 0 Å². The second-order valence-corrected chi connectivity index (χ2v) is 14.6. The van der Waals surface area contributed by atoms with Crippen molar-refractivity contribution in [3.63, 3.8) is 0 Å². The summed E-state index contributed by atoms with van der Waals surface area (Å²) in [7, 11) is 0. The molecule has 0 spiro atoms. The van der Waals surface area contributed by atoms with Crippen molar-refractivity contribution in [2.24, 2.45) is 51.1 Å². The van der Waals surface area contributed by atoms with Crippen LogP contribution in [0.1, 0.15) is 113 Å². The molecule has 0 aromatic heterocycles. The normalized spacial score (nSPS) is 50.5. The van der Waals surface area contributed by atoms with Crippen LogP contribution in [0.4, 0.5) is 0 Å². The minimum atomic E-state index is -0.723. The van der Waals surface area contributed by atoms with Gasteiger partial charge < -0.3 is 15.9 Å². The quantitative estimate of drug-likeness (QED) is 0.422. The average Bonchev–Trinajstić information content (AvgIpc) is 3.08. The number of hydrogen-bond acceptors (Lipinski definition) is 3. The van der Waals surface area contributed by atoms with E-state index in [1.807, 2.05) is 6.92 Å². The lowest BCUT2D eigenvalue weighted by molar-refractivity contribution is -0.236. The molecule has 3 heteroatoms. The Bertz CT molecular complexity index is 782. The summed E-state index contributed by atoms with van der Waals surface area (Å²) < 4.78 is 0. The van der Waals surface area contributed by atoms with E-state index in [4.69, 9.17) is 5.73 Å². The van der Waals surface area contributed by atoms with Gasteiger partial charge in [-0.2, -0.15) is 0 Å². The summed E-state index contributed by atoms with van der Waals surface area (Å²) in [4.78, 5) is 0. The van der Waals surface area contributed by atoms with Crippen LogP contribution in [0.15, 0.2) is 11.6 Å². The van der Waals surface area contributed by atoms with Crippen molar-refractivity contribution in [2.45, 2.75) is 131 Å². The van der Waals surface area contributed by atoms with Gasteiger partial charge >= 0.3 is 0 Å². The highest BCUT2D eigenvalue weighted by Gasteiger charge is 2.71. The van der Waals surface area contributed by atoms with Gasteiger partial charge in [0, 0.05) is 6.04 Å². The molecule has 10 atom stereocenters. The molecule has 4 aliphatic rings. The fourth-order valence-electron chi connectivity index (χ4n) is 10.3. The van der Waals surface area contributed by atoms with Gasteiger partial charge in [0.15, 0.2) is 0 Å². The van der Waals surface area contributed by atoms with Crippen LogP contribution in [-0.4, -0.2) is 28.0 Å². The second kappa shape index (κ2) is 8.07. The van der Waals surface area contributed by atoms with Gasteiger partial charge in [0.2, 0.25) is 0 Å². The van der Waals surface area contributed by atoms with Gasteiger partial charge in [-0.1, -0.05) is 46.3 Å². The summed E-state index contributed by atoms with van der Waals surface area (Å²) in [5, 5.41) is 23.4. The standard InChI is InChI=1S/C30H53NO2/c1-19(2)10-9-14-30(8,33)20-11-16-29(7)25(20)21(32)18-23-27(5)15-13-24(31)26(3,4)22(27)12-17-28(23,29)6/h10,20-25,32-33H,9,11-18,31H2,1-8H3/t20-,21-,22?,23+,24?,25+,27-,28+,29-,30-/m0/s1. The monoisotopic (exact) mass is 459 g/mol. The molecule has 4 rings (SSSR count). The maximum absolute atomic E-state index is 11.8. The lowest BCUT2D eigenvalue weighted by Gasteiger charge is -2.70. The fourth-order valence-corrected chi connectivity index (χ4v) is 10.3. The molecule has 0 radical (unpaired) electrons. The van der Waals surface area contributed by atoms with Crippen molar-refractivity contribution in [3.8, 4) is 0 Å². The predicted molar refractivity (Wildman–Crippen MR) is 138 cm³/mol. The minimum absolute atomic E-state index is 0.0815. The molecule has 2 unspecified atom stereocenters. The molecule has 0 aromatic carbocycles. The Kier molecular flexibility index (Phi) is 6.28. The van der Waals surface area contributed by atoms with E-state index in [1.54, 1.807) is 0 Å². The molecular formula is C30H53NO2. The Morgan fingerprint density at radius 1 is 0.970 bits per heavy atom. The van der Waals surface area contributed by atoms with Crippen molar-refractivity contribution in [1.82, 2.24) is 0 Å². The zero-order valence-electron chi connectivity index (χ0n) is 22.9. The van der Waals surface area contributed by atoms with E-state index < -0.39 is 5.60 Å². The maximum atomic E-state index is 11.8. The number of aliphatic hydroxyl groups is 2. The van der Waals surface area contributed by atoms with Crippen LogP contribution < -0.4 is 5.73 Å². The van der Waals surface area contributed by atoms with E-state index in [0.717, 1.165) is 38.5 Å². The van der Waals surface area contributed by atoms with Crippen LogP contribution in [0.2, 0.25) is 0 Å². The largest absolute Gasteiger partial charge is 0.393 e. The molecule has 0 heterocycles. The van der Waals surface area contributed by atoms with Crippen LogP contribution in [-0.2, 0) is 0 Å². The van der Waals surface area contributed by atoms with Crippen LogP contribution >= 0.6 is 0 Å². The third-order valence-electron chi connectivity index (χ3n) is 12.5. The number of rotatable bonds is 4. The van der Waals surface area contributed by atoms with Gasteiger partial charge in [0.25, 0.3) is 0 Å². The molecule has 190 valence electrons. The molecule has 0 bridgehead atoms. The first kappa shape index (κ1) is 25.7. The zero-order valence-corrected chi connectivity index (χ0v) is 22.9. The van der Waals surface area contributed by atoms with E-state index in [1.165, 1.54) is 24.8 Å². The summed E-state index contributed by atoms with van der Waals surface area (Å²) in [5.74, 6) is 1.53. The van der Waals surface area contributed by atoms with Gasteiger partial charge in [0.1, 0.15) is 0 Å². The Balaban J connectivity index is 1.66. The van der Waals surface area contributed by atoms with Crippen LogP contribution in [0, 0.1) is 45.3 Å². The third-order valence-corrected chi connectivity index (χ3v) is 12.5. The Morgan fingerprint density at radius 2 is 1.61 bits per heavy atom. The van der Waals surface area contributed by atoms with Gasteiger partial charge in [-0.15, -0.1) is 0 Å². The summed E-state index contributed by atoms with van der Waals surface area (Å²) in [5.41, 5.74) is 7.95. The predicted octanol–water partition coefficient (Wildman–Crippen LogP) is 6.47. The molecule has 0 saturated heterocycles. The Morgan fingerprint density at radius 3 is 2.24 bits per heavy atom. The minimum Gasteiger partial charge on any atom is -0.393 e. The molecule has 4 saturated carbocycles. The van der Waals surface area contributed by atoms with Crippen molar-refractivity contribution >= 4 is 0 Å². The SMILES string of the molecule is CC(C)=CCC[C@](C)(O)[C@H]1CC[C@@]2(C)[C@H]1[C@@H](O)C[C@@H]1[C@@]3(C)CCC(N)C(C)(C)C3CC[C@]12C. The highest BCUT2D eigenvalue weighted by molar-refractivity contribution is 5.20. The zero-order chi connectivity index (χ0) is 24.6. The molecular weight excluding hydrogens is 406 g/mol. The number of nitrogens with two attached hydrogens (primary N) is 1. The smallest absolute Gasteiger partial charge is 0.0654 e. The Labute approximate surface area is 204 Å². The van der Waals surface area contributed by atoms with Gasteiger partial charge in [0.05, 0.1) is 11.7 Å². The summed E-state index contributed by atoms with van der Waals surface area (Å²) >= 11 is 0. The molecule has 4 N–H and O–H groups in total. The van der Waals surface area contributed by atoms with E-state index in [9.17, 15) is 10.2 Å². The maximum Gasteiger partial charge on any atom is 0.0654 e. The molecule has 0 aromatic rings. The first-order chi connectivity index (χ1) is 15.1. The number of hydrogen-bond donors (Lipinski definition) is 3. The molecule has 4 fully saturated rings. The molecule has 0 aliphatic heterocycles. The number of allylic oxidation sites excluding steroid dienone is 2. The summed E-state index contributed by atoms with van der Waals surface area (Å²) in [6.07, 6.45) is 11.5. The number of fused-ring (bicyclic) bond motifs is 5. The lowest BCUT2D eigenvalue weighted by atomic mass is 9.35. The van der Waals surface area contributed by atoms with E-state index in [0.29, 0.717) is 11.8 Å². The highest BCUT2D eigenvalue weighted by atomic mass is 16.3. The summed E-state index contributed by atoms with van der Waals surface area (Å²) in [6.45, 7) is 18.7. The third kappa shape index (κ3) is 3.61.